The number of hydrogen-bond acceptors (Lipinski definition) is 1. The molecule has 10 heteroatoms. The molecule has 1 atom stereocenters. The third-order valence-electron chi connectivity index (χ3n) is 1.42. The van der Waals surface area contributed by atoms with E-state index < -0.39 is 35.6 Å². The monoisotopic (exact) mass is 261 g/mol. The summed E-state index contributed by atoms with van der Waals surface area (Å²) in [6, 6.07) is -4.66. The fraction of sp³-hybridized carbons (Fsp3) is 0.667. The third-order valence-corrected chi connectivity index (χ3v) is 1.42. The standard InChI is InChI=1S/C6H4F9N/c1-2-4(7,8)3(5(9,10)11)16(15)6(12,13)14/h2-3H,1H2. The van der Waals surface area contributed by atoms with Crippen LogP contribution in [-0.4, -0.2) is 29.6 Å². The SMILES string of the molecule is C=CC(F)(F)C(N(F)C(F)(F)F)C(F)(F)F. The summed E-state index contributed by atoms with van der Waals surface area (Å²) in [4.78, 5) is 0. The van der Waals surface area contributed by atoms with Crippen molar-refractivity contribution in [2.45, 2.75) is 24.4 Å². The lowest BCUT2D eigenvalue weighted by atomic mass is 10.1. The fourth-order valence-corrected chi connectivity index (χ4v) is 0.756. The van der Waals surface area contributed by atoms with Crippen LogP contribution in [0.15, 0.2) is 12.7 Å². The molecule has 0 aromatic rings. The summed E-state index contributed by atoms with van der Waals surface area (Å²) in [5, 5.41) is -2.89. The summed E-state index contributed by atoms with van der Waals surface area (Å²) >= 11 is 0. The van der Waals surface area contributed by atoms with E-state index in [-0.39, 0.29) is 0 Å². The minimum absolute atomic E-state index is 0.705. The molecule has 0 aliphatic rings. The van der Waals surface area contributed by atoms with Gasteiger partial charge >= 0.3 is 12.5 Å². The molecule has 0 bridgehead atoms. The zero-order chi connectivity index (χ0) is 13.4. The van der Waals surface area contributed by atoms with Crippen LogP contribution in [0.5, 0.6) is 0 Å². The van der Waals surface area contributed by atoms with Gasteiger partial charge in [0.15, 0.2) is 0 Å². The van der Waals surface area contributed by atoms with Gasteiger partial charge in [-0.3, -0.25) is 0 Å². The van der Waals surface area contributed by atoms with E-state index in [1.165, 1.54) is 0 Å². The molecule has 0 aromatic carbocycles. The maximum atomic E-state index is 12.5. The van der Waals surface area contributed by atoms with Crippen molar-refractivity contribution in [2.75, 3.05) is 0 Å². The summed E-state index contributed by atoms with van der Waals surface area (Å²) in [7, 11) is 0. The van der Waals surface area contributed by atoms with Crippen LogP contribution in [0.4, 0.5) is 39.6 Å². The highest BCUT2D eigenvalue weighted by Crippen LogP contribution is 2.41. The lowest BCUT2D eigenvalue weighted by Gasteiger charge is -2.31. The van der Waals surface area contributed by atoms with E-state index in [4.69, 9.17) is 0 Å². The van der Waals surface area contributed by atoms with Crippen molar-refractivity contribution < 1.29 is 39.6 Å². The van der Waals surface area contributed by atoms with E-state index in [9.17, 15) is 39.6 Å². The first-order valence-electron chi connectivity index (χ1n) is 3.44. The summed E-state index contributed by atoms with van der Waals surface area (Å²) < 4.78 is 108. The Kier molecular flexibility index (Phi) is 3.91. The van der Waals surface area contributed by atoms with Crippen LogP contribution >= 0.6 is 0 Å². The van der Waals surface area contributed by atoms with Gasteiger partial charge in [-0.1, -0.05) is 6.58 Å². The van der Waals surface area contributed by atoms with Crippen molar-refractivity contribution in [3.8, 4) is 0 Å². The highest BCUT2D eigenvalue weighted by Gasteiger charge is 2.64. The smallest absolute Gasteiger partial charge is 0.200 e. The Morgan fingerprint density at radius 2 is 1.31 bits per heavy atom. The van der Waals surface area contributed by atoms with Crippen LogP contribution in [0.25, 0.3) is 0 Å². The first-order chi connectivity index (χ1) is 6.84. The van der Waals surface area contributed by atoms with Gasteiger partial charge in [0.2, 0.25) is 6.04 Å². The molecule has 0 fully saturated rings. The van der Waals surface area contributed by atoms with Crippen LogP contribution in [-0.2, 0) is 0 Å². The Hall–Kier alpha value is -0.930. The van der Waals surface area contributed by atoms with Crippen molar-refractivity contribution in [2.24, 2.45) is 0 Å². The van der Waals surface area contributed by atoms with E-state index in [0.717, 1.165) is 0 Å². The molecule has 0 aliphatic carbocycles. The Labute approximate surface area is 83.1 Å². The molecule has 0 radical (unpaired) electrons. The average molecular weight is 261 g/mol. The van der Waals surface area contributed by atoms with E-state index >= 15 is 0 Å². The minimum atomic E-state index is -6.19. The summed E-state index contributed by atoms with van der Waals surface area (Å²) in [6.07, 6.45) is -13.0. The molecule has 0 spiro atoms. The maximum Gasteiger partial charge on any atom is 0.487 e. The molecule has 96 valence electrons. The van der Waals surface area contributed by atoms with Gasteiger partial charge in [0.05, 0.1) is 0 Å². The van der Waals surface area contributed by atoms with Crippen molar-refractivity contribution in [3.63, 3.8) is 0 Å². The van der Waals surface area contributed by atoms with Gasteiger partial charge in [0, 0.05) is 0 Å². The summed E-state index contributed by atoms with van der Waals surface area (Å²) in [5.41, 5.74) is 0. The second-order valence-corrected chi connectivity index (χ2v) is 2.60. The van der Waals surface area contributed by atoms with Gasteiger partial charge in [-0.25, -0.2) is 0 Å². The molecule has 0 saturated heterocycles. The molecule has 0 aliphatic heterocycles. The van der Waals surface area contributed by atoms with E-state index in [1.807, 2.05) is 0 Å². The van der Waals surface area contributed by atoms with Crippen molar-refractivity contribution >= 4 is 0 Å². The fourth-order valence-electron chi connectivity index (χ4n) is 0.756. The molecule has 16 heavy (non-hydrogen) atoms. The Bertz CT molecular complexity index is 252. The van der Waals surface area contributed by atoms with Crippen molar-refractivity contribution in [1.29, 1.82) is 0 Å². The van der Waals surface area contributed by atoms with Crippen LogP contribution < -0.4 is 0 Å². The van der Waals surface area contributed by atoms with Gasteiger partial charge < -0.3 is 0 Å². The maximum absolute atomic E-state index is 12.5. The molecule has 1 unspecified atom stereocenters. The van der Waals surface area contributed by atoms with E-state index in [2.05, 4.69) is 6.58 Å². The molecular weight excluding hydrogens is 257 g/mol. The molecule has 0 heterocycles. The number of alkyl halides is 8. The molecule has 0 rings (SSSR count). The zero-order valence-corrected chi connectivity index (χ0v) is 7.21. The number of rotatable bonds is 3. The predicted molar refractivity (Wildman–Crippen MR) is 34.0 cm³/mol. The molecule has 0 saturated carbocycles. The molecular formula is C6H4F9N. The summed E-state index contributed by atoms with van der Waals surface area (Å²) in [5.74, 6) is -5.11. The number of hydrogen-bond donors (Lipinski definition) is 0. The van der Waals surface area contributed by atoms with Gasteiger partial charge in [-0.15, -0.1) is 4.48 Å². The quantitative estimate of drug-likeness (QED) is 0.325. The highest BCUT2D eigenvalue weighted by atomic mass is 19.4. The minimum Gasteiger partial charge on any atom is -0.200 e. The first kappa shape index (κ1) is 15.1. The Balaban J connectivity index is 5.37. The van der Waals surface area contributed by atoms with Gasteiger partial charge in [0.25, 0.3) is 5.92 Å². The number of halogens is 9. The highest BCUT2D eigenvalue weighted by molar-refractivity contribution is 5.00. The lowest BCUT2D eigenvalue weighted by molar-refractivity contribution is -0.383. The second-order valence-electron chi connectivity index (χ2n) is 2.60. The average Bonchev–Trinajstić information content (AvgIpc) is 1.99. The van der Waals surface area contributed by atoms with Gasteiger partial charge in [-0.05, 0) is 11.2 Å². The van der Waals surface area contributed by atoms with Crippen molar-refractivity contribution in [1.82, 2.24) is 5.12 Å². The topological polar surface area (TPSA) is 3.24 Å². The molecule has 0 aromatic heterocycles. The zero-order valence-electron chi connectivity index (χ0n) is 7.21. The normalized spacial score (nSPS) is 16.4. The predicted octanol–water partition coefficient (Wildman–Crippen LogP) is 3.44. The summed E-state index contributed by atoms with van der Waals surface area (Å²) in [6.45, 7) is 2.22. The third kappa shape index (κ3) is 3.29. The Morgan fingerprint density at radius 1 is 0.938 bits per heavy atom. The van der Waals surface area contributed by atoms with E-state index in [0.29, 0.717) is 0 Å². The van der Waals surface area contributed by atoms with E-state index in [1.54, 1.807) is 0 Å². The molecule has 0 amide bonds. The Morgan fingerprint density at radius 3 is 1.50 bits per heavy atom. The lowest BCUT2D eigenvalue weighted by Crippen LogP contribution is -2.56. The van der Waals surface area contributed by atoms with Crippen LogP contribution in [0.3, 0.4) is 0 Å². The van der Waals surface area contributed by atoms with Gasteiger partial charge in [0.1, 0.15) is 0 Å². The van der Waals surface area contributed by atoms with Gasteiger partial charge in [-0.2, -0.15) is 35.1 Å². The first-order valence-corrected chi connectivity index (χ1v) is 3.44. The largest absolute Gasteiger partial charge is 0.487 e. The van der Waals surface area contributed by atoms with Crippen molar-refractivity contribution in [3.05, 3.63) is 12.7 Å². The molecule has 1 nitrogen and oxygen atoms in total. The molecule has 0 N–H and O–H groups in total. The number of nitrogens with zero attached hydrogens (tertiary/aromatic N) is 1. The van der Waals surface area contributed by atoms with Crippen LogP contribution in [0.2, 0.25) is 0 Å². The second kappa shape index (κ2) is 4.15. The van der Waals surface area contributed by atoms with Crippen LogP contribution in [0, 0.1) is 0 Å². The van der Waals surface area contributed by atoms with Crippen LogP contribution in [0.1, 0.15) is 0 Å².